The summed E-state index contributed by atoms with van der Waals surface area (Å²) in [5, 5.41) is 3.93. The van der Waals surface area contributed by atoms with E-state index in [4.69, 9.17) is 11.6 Å². The summed E-state index contributed by atoms with van der Waals surface area (Å²) in [6.07, 6.45) is 0.436. The van der Waals surface area contributed by atoms with E-state index in [-0.39, 0.29) is 11.8 Å². The molecule has 1 aliphatic heterocycles. The van der Waals surface area contributed by atoms with Crippen molar-refractivity contribution in [2.45, 2.75) is 20.3 Å². The van der Waals surface area contributed by atoms with E-state index in [0.717, 1.165) is 16.3 Å². The molecule has 22 heavy (non-hydrogen) atoms. The minimum Gasteiger partial charge on any atom is -0.384 e. The molecule has 1 saturated heterocycles. The van der Waals surface area contributed by atoms with Crippen LogP contribution in [0.25, 0.3) is 0 Å². The van der Waals surface area contributed by atoms with Gasteiger partial charge in [-0.25, -0.2) is 0 Å². The second-order valence-electron chi connectivity index (χ2n) is 5.53. The second kappa shape index (κ2) is 7.49. The van der Waals surface area contributed by atoms with Crippen LogP contribution < -0.4 is 5.32 Å². The number of amides is 2. The summed E-state index contributed by atoms with van der Waals surface area (Å²) in [7, 11) is 0. The summed E-state index contributed by atoms with van der Waals surface area (Å²) in [6, 6.07) is 5.78. The molecule has 0 radical (unpaired) electrons. The first-order valence-electron chi connectivity index (χ1n) is 7.50. The van der Waals surface area contributed by atoms with Crippen LogP contribution >= 0.6 is 11.6 Å². The fraction of sp³-hybridized carbons (Fsp3) is 0.500. The number of hydrogen-bond acceptors (Lipinski definition) is 3. The molecule has 5 nitrogen and oxygen atoms in total. The predicted octanol–water partition coefficient (Wildman–Crippen LogP) is 2.14. The first kappa shape index (κ1) is 16.6. The van der Waals surface area contributed by atoms with Crippen LogP contribution in [0.15, 0.2) is 18.2 Å². The maximum absolute atomic E-state index is 12.1. The molecule has 120 valence electrons. The number of halogens is 1. The van der Waals surface area contributed by atoms with Crippen molar-refractivity contribution < 1.29 is 9.59 Å². The smallest absolute Gasteiger partial charge is 0.224 e. The van der Waals surface area contributed by atoms with Crippen LogP contribution in [-0.2, 0) is 9.59 Å². The van der Waals surface area contributed by atoms with E-state index in [1.54, 1.807) is 11.8 Å². The number of carbonyl (C=O) groups excluding carboxylic acids is 2. The molecule has 1 aliphatic rings. The zero-order valence-electron chi connectivity index (χ0n) is 13.1. The maximum Gasteiger partial charge on any atom is 0.224 e. The van der Waals surface area contributed by atoms with Gasteiger partial charge in [-0.05, 0) is 24.6 Å². The minimum atomic E-state index is 0.0741. The Kier molecular flexibility index (Phi) is 5.66. The number of aryl methyl sites for hydroxylation is 1. The number of anilines is 1. The van der Waals surface area contributed by atoms with Gasteiger partial charge in [0.25, 0.3) is 0 Å². The Morgan fingerprint density at radius 1 is 1.18 bits per heavy atom. The van der Waals surface area contributed by atoms with Crippen molar-refractivity contribution in [3.05, 3.63) is 28.8 Å². The largest absolute Gasteiger partial charge is 0.384 e. The first-order chi connectivity index (χ1) is 10.5. The van der Waals surface area contributed by atoms with Gasteiger partial charge in [0, 0.05) is 56.8 Å². The van der Waals surface area contributed by atoms with Crippen molar-refractivity contribution in [1.82, 2.24) is 9.80 Å². The van der Waals surface area contributed by atoms with Crippen molar-refractivity contribution in [2.75, 3.05) is 38.0 Å². The molecule has 0 spiro atoms. The van der Waals surface area contributed by atoms with Gasteiger partial charge in [-0.2, -0.15) is 0 Å². The van der Waals surface area contributed by atoms with E-state index < -0.39 is 0 Å². The molecule has 0 saturated carbocycles. The van der Waals surface area contributed by atoms with Gasteiger partial charge in [0.2, 0.25) is 11.8 Å². The van der Waals surface area contributed by atoms with Gasteiger partial charge in [0.05, 0.1) is 0 Å². The average molecular weight is 324 g/mol. The molecule has 6 heteroatoms. The fourth-order valence-electron chi connectivity index (χ4n) is 2.45. The monoisotopic (exact) mass is 323 g/mol. The van der Waals surface area contributed by atoms with Crippen molar-refractivity contribution in [3.63, 3.8) is 0 Å². The van der Waals surface area contributed by atoms with Crippen LogP contribution in [-0.4, -0.2) is 54.3 Å². The van der Waals surface area contributed by atoms with Crippen molar-refractivity contribution in [2.24, 2.45) is 0 Å². The molecule has 2 rings (SSSR count). The van der Waals surface area contributed by atoms with Crippen LogP contribution in [0.4, 0.5) is 5.69 Å². The Labute approximate surface area is 136 Å². The molecule has 0 unspecified atom stereocenters. The van der Waals surface area contributed by atoms with Crippen molar-refractivity contribution in [1.29, 1.82) is 0 Å². The number of rotatable bonds is 4. The SMILES string of the molecule is CC(=O)N1CCN(C(=O)CCNc2ccc(C)c(Cl)c2)CC1. The summed E-state index contributed by atoms with van der Waals surface area (Å²) in [5.41, 5.74) is 1.96. The molecule has 1 aromatic carbocycles. The van der Waals surface area contributed by atoms with E-state index >= 15 is 0 Å². The van der Waals surface area contributed by atoms with E-state index in [0.29, 0.717) is 39.1 Å². The third-order valence-electron chi connectivity index (χ3n) is 3.92. The molecule has 0 atom stereocenters. The van der Waals surface area contributed by atoms with Gasteiger partial charge >= 0.3 is 0 Å². The third-order valence-corrected chi connectivity index (χ3v) is 4.32. The lowest BCUT2D eigenvalue weighted by molar-refractivity contribution is -0.138. The van der Waals surface area contributed by atoms with E-state index in [1.165, 1.54) is 0 Å². The highest BCUT2D eigenvalue weighted by Crippen LogP contribution is 2.19. The zero-order valence-corrected chi connectivity index (χ0v) is 13.8. The van der Waals surface area contributed by atoms with Gasteiger partial charge in [-0.15, -0.1) is 0 Å². The fourth-order valence-corrected chi connectivity index (χ4v) is 2.63. The van der Waals surface area contributed by atoms with Crippen LogP contribution in [0, 0.1) is 6.92 Å². The van der Waals surface area contributed by atoms with E-state index in [2.05, 4.69) is 5.32 Å². The number of nitrogens with zero attached hydrogens (tertiary/aromatic N) is 2. The van der Waals surface area contributed by atoms with Crippen LogP contribution in [0.2, 0.25) is 5.02 Å². The first-order valence-corrected chi connectivity index (χ1v) is 7.88. The molecule has 0 aromatic heterocycles. The van der Waals surface area contributed by atoms with Crippen LogP contribution in [0.1, 0.15) is 18.9 Å². The quantitative estimate of drug-likeness (QED) is 0.923. The van der Waals surface area contributed by atoms with Crippen LogP contribution in [0.5, 0.6) is 0 Å². The molecule has 0 aliphatic carbocycles. The molecule has 0 bridgehead atoms. The number of nitrogens with one attached hydrogen (secondary N) is 1. The van der Waals surface area contributed by atoms with E-state index in [1.807, 2.05) is 30.0 Å². The maximum atomic E-state index is 12.1. The standard InChI is InChI=1S/C16H22ClN3O2/c1-12-3-4-14(11-15(12)17)18-6-5-16(22)20-9-7-19(8-10-20)13(2)21/h3-4,11,18H,5-10H2,1-2H3. The number of hydrogen-bond donors (Lipinski definition) is 1. The molecule has 2 amide bonds. The Morgan fingerprint density at radius 2 is 1.82 bits per heavy atom. The Morgan fingerprint density at radius 3 is 2.41 bits per heavy atom. The summed E-state index contributed by atoms with van der Waals surface area (Å²) < 4.78 is 0. The Hall–Kier alpha value is -1.75. The molecule has 1 fully saturated rings. The lowest BCUT2D eigenvalue weighted by Crippen LogP contribution is -2.50. The number of carbonyl (C=O) groups is 2. The molecular weight excluding hydrogens is 302 g/mol. The number of piperazine rings is 1. The second-order valence-corrected chi connectivity index (χ2v) is 5.93. The topological polar surface area (TPSA) is 52.7 Å². The summed E-state index contributed by atoms with van der Waals surface area (Å²) in [6.45, 7) is 6.59. The lowest BCUT2D eigenvalue weighted by Gasteiger charge is -2.34. The highest BCUT2D eigenvalue weighted by molar-refractivity contribution is 6.31. The summed E-state index contributed by atoms with van der Waals surface area (Å²) >= 11 is 6.07. The third kappa shape index (κ3) is 4.37. The van der Waals surface area contributed by atoms with Crippen LogP contribution in [0.3, 0.4) is 0 Å². The highest BCUT2D eigenvalue weighted by atomic mass is 35.5. The molecule has 1 heterocycles. The Balaban J connectivity index is 1.74. The number of benzene rings is 1. The average Bonchev–Trinajstić information content (AvgIpc) is 2.51. The van der Waals surface area contributed by atoms with Gasteiger partial charge in [0.15, 0.2) is 0 Å². The van der Waals surface area contributed by atoms with Gasteiger partial charge < -0.3 is 15.1 Å². The molecular formula is C16H22ClN3O2. The van der Waals surface area contributed by atoms with Gasteiger partial charge in [0.1, 0.15) is 0 Å². The minimum absolute atomic E-state index is 0.0741. The van der Waals surface area contributed by atoms with Gasteiger partial charge in [-0.1, -0.05) is 17.7 Å². The highest BCUT2D eigenvalue weighted by Gasteiger charge is 2.21. The molecule has 1 N–H and O–H groups in total. The predicted molar refractivity (Wildman–Crippen MR) is 88.1 cm³/mol. The van der Waals surface area contributed by atoms with Crippen molar-refractivity contribution >= 4 is 29.1 Å². The molecule has 1 aromatic rings. The van der Waals surface area contributed by atoms with Gasteiger partial charge in [-0.3, -0.25) is 9.59 Å². The van der Waals surface area contributed by atoms with E-state index in [9.17, 15) is 9.59 Å². The lowest BCUT2D eigenvalue weighted by atomic mass is 10.2. The normalized spacial score (nSPS) is 14.9. The zero-order chi connectivity index (χ0) is 16.1. The van der Waals surface area contributed by atoms with Crippen molar-refractivity contribution in [3.8, 4) is 0 Å². The summed E-state index contributed by atoms with van der Waals surface area (Å²) in [4.78, 5) is 27.0. The summed E-state index contributed by atoms with van der Waals surface area (Å²) in [5.74, 6) is 0.193. The Bertz CT molecular complexity index is 554.